The molecule has 1 aromatic rings. The third-order valence-electron chi connectivity index (χ3n) is 1.93. The summed E-state index contributed by atoms with van der Waals surface area (Å²) in [5.74, 6) is 0. The van der Waals surface area contributed by atoms with Crippen LogP contribution in [0.4, 0.5) is 0 Å². The molecule has 0 bridgehead atoms. The molecule has 0 aliphatic heterocycles. The van der Waals surface area contributed by atoms with Crippen molar-refractivity contribution >= 4 is 11.6 Å². The Balaban J connectivity index is 2.41. The summed E-state index contributed by atoms with van der Waals surface area (Å²) in [4.78, 5) is 7.21. The molecule has 3 heteroatoms. The first kappa shape index (κ1) is 6.23. The number of halogens is 1. The van der Waals surface area contributed by atoms with E-state index in [1.165, 1.54) is 24.2 Å². The second-order valence-corrected chi connectivity index (χ2v) is 3.02. The molecule has 0 aromatic carbocycles. The van der Waals surface area contributed by atoms with Crippen LogP contribution in [-0.2, 0) is 12.8 Å². The second kappa shape index (κ2) is 2.27. The van der Waals surface area contributed by atoms with Gasteiger partial charge in [-0.3, -0.25) is 0 Å². The van der Waals surface area contributed by atoms with Crippen molar-refractivity contribution in [3.05, 3.63) is 16.7 Å². The van der Waals surface area contributed by atoms with Crippen molar-refractivity contribution in [3.8, 4) is 0 Å². The van der Waals surface area contributed by atoms with Crippen LogP contribution >= 0.6 is 11.6 Å². The molecule has 2 rings (SSSR count). The maximum atomic E-state index is 5.68. The van der Waals surface area contributed by atoms with Crippen molar-refractivity contribution in [2.75, 3.05) is 0 Å². The number of aryl methyl sites for hydroxylation is 2. The molecule has 10 heavy (non-hydrogen) atoms. The highest BCUT2D eigenvalue weighted by molar-refractivity contribution is 6.28. The molecule has 0 amide bonds. The lowest BCUT2D eigenvalue weighted by atomic mass is 10.0. The smallest absolute Gasteiger partial charge is 0.200 e. The van der Waals surface area contributed by atoms with E-state index in [1.54, 1.807) is 0 Å². The summed E-state index contributed by atoms with van der Waals surface area (Å²) in [6.45, 7) is 0. The Morgan fingerprint density at radius 2 is 2.10 bits per heavy atom. The normalized spacial score (nSPS) is 16.9. The van der Waals surface area contributed by atoms with Crippen LogP contribution in [0.2, 0.25) is 5.28 Å². The molecule has 0 unspecified atom stereocenters. The lowest BCUT2D eigenvalue weighted by Gasteiger charge is -2.07. The predicted molar refractivity (Wildman–Crippen MR) is 40.2 cm³/mol. The maximum absolute atomic E-state index is 5.68. The van der Waals surface area contributed by atoms with Crippen LogP contribution in [0.5, 0.6) is 0 Å². The third-order valence-corrected chi connectivity index (χ3v) is 2.10. The van der Waals surface area contributed by atoms with Crippen LogP contribution in [0, 0.1) is 0 Å². The standard InChI is InChI=1S/C7H9ClN2/c8-7-9-5-3-1-2-4-6(5)10-7/h1-4H2,(H,9,10). The van der Waals surface area contributed by atoms with E-state index in [0.717, 1.165) is 12.8 Å². The summed E-state index contributed by atoms with van der Waals surface area (Å²) in [6, 6.07) is 0. The SMILES string of the molecule is Clc1nc2c([nH]1)CCCC2. The Kier molecular flexibility index (Phi) is 1.42. The quantitative estimate of drug-likeness (QED) is 0.611. The topological polar surface area (TPSA) is 28.7 Å². The molecule has 0 saturated carbocycles. The van der Waals surface area contributed by atoms with Gasteiger partial charge < -0.3 is 4.98 Å². The minimum Gasteiger partial charge on any atom is -0.332 e. The van der Waals surface area contributed by atoms with Gasteiger partial charge in [-0.15, -0.1) is 0 Å². The number of rotatable bonds is 0. The maximum Gasteiger partial charge on any atom is 0.200 e. The molecule has 0 spiro atoms. The van der Waals surface area contributed by atoms with Crippen LogP contribution in [-0.4, -0.2) is 9.97 Å². The first-order valence-electron chi connectivity index (χ1n) is 3.59. The van der Waals surface area contributed by atoms with E-state index in [2.05, 4.69) is 9.97 Å². The van der Waals surface area contributed by atoms with Gasteiger partial charge in [0.25, 0.3) is 0 Å². The molecular weight excluding hydrogens is 148 g/mol. The molecule has 0 atom stereocenters. The fourth-order valence-electron chi connectivity index (χ4n) is 1.42. The highest BCUT2D eigenvalue weighted by atomic mass is 35.5. The van der Waals surface area contributed by atoms with Gasteiger partial charge in [0.15, 0.2) is 5.28 Å². The Morgan fingerprint density at radius 3 is 2.90 bits per heavy atom. The number of hydrogen-bond acceptors (Lipinski definition) is 1. The van der Waals surface area contributed by atoms with Gasteiger partial charge in [-0.1, -0.05) is 0 Å². The molecule has 0 saturated heterocycles. The van der Waals surface area contributed by atoms with Gasteiger partial charge in [-0.05, 0) is 37.3 Å². The van der Waals surface area contributed by atoms with Crippen molar-refractivity contribution in [1.29, 1.82) is 0 Å². The number of nitrogens with zero attached hydrogens (tertiary/aromatic N) is 1. The summed E-state index contributed by atoms with van der Waals surface area (Å²) in [6.07, 6.45) is 4.74. The number of H-pyrrole nitrogens is 1. The summed E-state index contributed by atoms with van der Waals surface area (Å²) in [5, 5.41) is 0.548. The third kappa shape index (κ3) is 0.926. The second-order valence-electron chi connectivity index (χ2n) is 2.66. The number of aromatic nitrogens is 2. The highest BCUT2D eigenvalue weighted by Gasteiger charge is 2.12. The fraction of sp³-hybridized carbons (Fsp3) is 0.571. The largest absolute Gasteiger partial charge is 0.332 e. The minimum absolute atomic E-state index is 0.548. The highest BCUT2D eigenvalue weighted by Crippen LogP contribution is 2.19. The zero-order valence-electron chi connectivity index (χ0n) is 5.65. The number of aromatic amines is 1. The number of nitrogens with one attached hydrogen (secondary N) is 1. The predicted octanol–water partition coefficient (Wildman–Crippen LogP) is 1.94. The summed E-state index contributed by atoms with van der Waals surface area (Å²) >= 11 is 5.68. The first-order valence-corrected chi connectivity index (χ1v) is 3.97. The number of hydrogen-bond donors (Lipinski definition) is 1. The molecule has 2 nitrogen and oxygen atoms in total. The molecule has 1 aliphatic carbocycles. The van der Waals surface area contributed by atoms with Crippen LogP contribution in [0.3, 0.4) is 0 Å². The molecule has 54 valence electrons. The molecule has 0 radical (unpaired) electrons. The first-order chi connectivity index (χ1) is 4.86. The summed E-state index contributed by atoms with van der Waals surface area (Å²) in [7, 11) is 0. The Hall–Kier alpha value is -0.500. The number of imidazole rings is 1. The van der Waals surface area contributed by atoms with Crippen molar-refractivity contribution in [3.63, 3.8) is 0 Å². The zero-order chi connectivity index (χ0) is 6.97. The van der Waals surface area contributed by atoms with Gasteiger partial charge >= 0.3 is 0 Å². The average Bonchev–Trinajstić information content (AvgIpc) is 2.27. The molecule has 0 fully saturated rings. The van der Waals surface area contributed by atoms with Gasteiger partial charge in [-0.2, -0.15) is 0 Å². The monoisotopic (exact) mass is 156 g/mol. The van der Waals surface area contributed by atoms with Gasteiger partial charge in [0.05, 0.1) is 5.69 Å². The summed E-state index contributed by atoms with van der Waals surface area (Å²) in [5.41, 5.74) is 2.42. The molecule has 1 heterocycles. The van der Waals surface area contributed by atoms with Gasteiger partial charge in [0, 0.05) is 5.69 Å². The Morgan fingerprint density at radius 1 is 1.30 bits per heavy atom. The van der Waals surface area contributed by atoms with E-state index in [0.29, 0.717) is 5.28 Å². The van der Waals surface area contributed by atoms with Crippen molar-refractivity contribution in [2.45, 2.75) is 25.7 Å². The van der Waals surface area contributed by atoms with E-state index in [9.17, 15) is 0 Å². The van der Waals surface area contributed by atoms with E-state index >= 15 is 0 Å². The molecular formula is C7H9ClN2. The van der Waals surface area contributed by atoms with Crippen molar-refractivity contribution < 1.29 is 0 Å². The fourth-order valence-corrected chi connectivity index (χ4v) is 1.63. The Labute approximate surface area is 64.6 Å². The summed E-state index contributed by atoms with van der Waals surface area (Å²) < 4.78 is 0. The molecule has 1 N–H and O–H groups in total. The molecule has 1 aromatic heterocycles. The van der Waals surface area contributed by atoms with E-state index in [4.69, 9.17) is 11.6 Å². The van der Waals surface area contributed by atoms with Crippen LogP contribution < -0.4 is 0 Å². The van der Waals surface area contributed by atoms with Crippen LogP contribution in [0.15, 0.2) is 0 Å². The molecule has 1 aliphatic rings. The number of fused-ring (bicyclic) bond motifs is 1. The minimum atomic E-state index is 0.548. The van der Waals surface area contributed by atoms with Crippen molar-refractivity contribution in [1.82, 2.24) is 9.97 Å². The average molecular weight is 157 g/mol. The van der Waals surface area contributed by atoms with Gasteiger partial charge in [0.2, 0.25) is 0 Å². The van der Waals surface area contributed by atoms with Gasteiger partial charge in [0.1, 0.15) is 0 Å². The lowest BCUT2D eigenvalue weighted by Crippen LogP contribution is -2.00. The van der Waals surface area contributed by atoms with E-state index < -0.39 is 0 Å². The van der Waals surface area contributed by atoms with Gasteiger partial charge in [-0.25, -0.2) is 4.98 Å². The van der Waals surface area contributed by atoms with Crippen molar-refractivity contribution in [2.24, 2.45) is 0 Å². The zero-order valence-corrected chi connectivity index (χ0v) is 6.41. The lowest BCUT2D eigenvalue weighted by molar-refractivity contribution is 0.667. The van der Waals surface area contributed by atoms with Crippen LogP contribution in [0.25, 0.3) is 0 Å². The van der Waals surface area contributed by atoms with E-state index in [1.807, 2.05) is 0 Å². The van der Waals surface area contributed by atoms with E-state index in [-0.39, 0.29) is 0 Å². The Bertz CT molecular complexity index is 218. The van der Waals surface area contributed by atoms with Crippen LogP contribution in [0.1, 0.15) is 24.2 Å².